The molecule has 1 N–H and O–H groups in total. The third-order valence-electron chi connectivity index (χ3n) is 5.56. The predicted molar refractivity (Wildman–Crippen MR) is 152 cm³/mol. The summed E-state index contributed by atoms with van der Waals surface area (Å²) < 4.78 is 23.2. The summed E-state index contributed by atoms with van der Waals surface area (Å²) >= 11 is 16.5. The molecule has 0 aromatic heterocycles. The quantitative estimate of drug-likeness (QED) is 0.120. The number of carbonyl (C=O) groups is 5. The number of carbonyl (C=O) groups excluding carboxylic acids is 5. The summed E-state index contributed by atoms with van der Waals surface area (Å²) in [4.78, 5) is 64.0. The lowest BCUT2D eigenvalue weighted by molar-refractivity contribution is -0.190. The lowest BCUT2D eigenvalue weighted by atomic mass is 10.0. The maximum absolute atomic E-state index is 13.2. The lowest BCUT2D eigenvalue weighted by Crippen LogP contribution is -2.72. The highest BCUT2D eigenvalue weighted by Gasteiger charge is 2.54. The molecule has 1 saturated heterocycles. The molecule has 3 rings (SSSR count). The molecule has 1 fully saturated rings. The van der Waals surface area contributed by atoms with Crippen molar-refractivity contribution in [2.75, 3.05) is 13.2 Å². The van der Waals surface area contributed by atoms with Crippen LogP contribution in [0.3, 0.4) is 0 Å². The molecule has 1 aliphatic rings. The number of esters is 2. The van der Waals surface area contributed by atoms with Crippen LogP contribution in [0.5, 0.6) is 0 Å². The van der Waals surface area contributed by atoms with Crippen LogP contribution in [0.15, 0.2) is 71.9 Å². The van der Waals surface area contributed by atoms with Crippen LogP contribution < -0.4 is 5.32 Å². The molecule has 0 unspecified atom stereocenters. The summed E-state index contributed by atoms with van der Waals surface area (Å²) in [6.45, 7) is 1.28. The van der Waals surface area contributed by atoms with E-state index >= 15 is 0 Å². The van der Waals surface area contributed by atoms with Crippen molar-refractivity contribution in [3.8, 4) is 0 Å². The first kappa shape index (κ1) is 33.5. The Morgan fingerprint density at radius 2 is 1.40 bits per heavy atom. The summed E-state index contributed by atoms with van der Waals surface area (Å²) in [5.74, 6) is -2.82. The molecule has 43 heavy (non-hydrogen) atoms. The fourth-order valence-corrected chi connectivity index (χ4v) is 3.81. The SMILES string of the molecule is CC(C)=C(C(=O)OCc1ccccc1)N1C(=O)[C@H](NC(=O)OCc2ccccc2)[C@@H]1OC(=O)COC(=O)OCC(Cl)(Cl)Cl. The molecule has 0 spiro atoms. The molecule has 0 bridgehead atoms. The van der Waals surface area contributed by atoms with Gasteiger partial charge < -0.3 is 29.0 Å². The lowest BCUT2D eigenvalue weighted by Gasteiger charge is -2.45. The maximum Gasteiger partial charge on any atom is 0.508 e. The van der Waals surface area contributed by atoms with E-state index in [1.165, 1.54) is 0 Å². The van der Waals surface area contributed by atoms with Crippen molar-refractivity contribution in [1.82, 2.24) is 10.2 Å². The summed E-state index contributed by atoms with van der Waals surface area (Å²) in [7, 11) is 0. The number of nitrogens with one attached hydrogen (secondary N) is 1. The smallest absolute Gasteiger partial charge is 0.456 e. The first-order chi connectivity index (χ1) is 20.4. The Labute approximate surface area is 261 Å². The van der Waals surface area contributed by atoms with Crippen molar-refractivity contribution in [3.05, 3.63) is 83.1 Å². The summed E-state index contributed by atoms with van der Waals surface area (Å²) in [6, 6.07) is 16.1. The summed E-state index contributed by atoms with van der Waals surface area (Å²) in [5, 5.41) is 2.33. The van der Waals surface area contributed by atoms with Gasteiger partial charge in [0, 0.05) is 0 Å². The molecule has 2 aromatic rings. The van der Waals surface area contributed by atoms with Crippen LogP contribution in [-0.2, 0) is 51.3 Å². The summed E-state index contributed by atoms with van der Waals surface area (Å²) in [6.07, 6.45) is -3.85. The van der Waals surface area contributed by atoms with Gasteiger partial charge in [0.2, 0.25) is 10.0 Å². The Hall–Kier alpha value is -4.00. The number of ether oxygens (including phenoxy) is 5. The maximum atomic E-state index is 13.2. The minimum atomic E-state index is -1.91. The largest absolute Gasteiger partial charge is 0.508 e. The molecule has 2 atom stereocenters. The first-order valence-corrected chi connectivity index (χ1v) is 13.7. The monoisotopic (exact) mass is 656 g/mol. The zero-order chi connectivity index (χ0) is 31.6. The van der Waals surface area contributed by atoms with Gasteiger partial charge in [-0.05, 0) is 30.5 Å². The van der Waals surface area contributed by atoms with Gasteiger partial charge in [-0.1, -0.05) is 95.5 Å². The third kappa shape index (κ3) is 10.3. The van der Waals surface area contributed by atoms with Crippen LogP contribution in [0.25, 0.3) is 0 Å². The predicted octanol–water partition coefficient (Wildman–Crippen LogP) is 4.55. The fraction of sp³-hybridized carbons (Fsp3) is 0.321. The molecule has 1 heterocycles. The number of halogens is 3. The van der Waals surface area contributed by atoms with Crippen LogP contribution in [0.4, 0.5) is 9.59 Å². The highest BCUT2D eigenvalue weighted by atomic mass is 35.6. The van der Waals surface area contributed by atoms with Crippen molar-refractivity contribution in [1.29, 1.82) is 0 Å². The minimum Gasteiger partial charge on any atom is -0.456 e. The zero-order valence-electron chi connectivity index (χ0n) is 22.9. The number of hydrogen-bond acceptors (Lipinski definition) is 10. The van der Waals surface area contributed by atoms with Crippen molar-refractivity contribution >= 4 is 64.9 Å². The Morgan fingerprint density at radius 1 is 0.837 bits per heavy atom. The van der Waals surface area contributed by atoms with Gasteiger partial charge in [0.1, 0.15) is 25.5 Å². The molecule has 0 radical (unpaired) electrons. The number of alkyl halides is 3. The third-order valence-corrected chi connectivity index (χ3v) is 5.89. The molecule has 2 aromatic carbocycles. The fourth-order valence-electron chi connectivity index (χ4n) is 3.65. The van der Waals surface area contributed by atoms with Crippen molar-refractivity contribution in [3.63, 3.8) is 0 Å². The van der Waals surface area contributed by atoms with Crippen LogP contribution in [0.1, 0.15) is 25.0 Å². The second kappa shape index (κ2) is 15.5. The van der Waals surface area contributed by atoms with E-state index in [9.17, 15) is 24.0 Å². The van der Waals surface area contributed by atoms with E-state index in [0.29, 0.717) is 16.7 Å². The number of allylic oxidation sites excluding steroid dienone is 1. The van der Waals surface area contributed by atoms with Crippen LogP contribution in [0.2, 0.25) is 0 Å². The number of nitrogens with zero attached hydrogens (tertiary/aromatic N) is 1. The second-order valence-corrected chi connectivity index (χ2v) is 11.6. The molecular formula is C28H27Cl3N2O10. The van der Waals surface area contributed by atoms with Gasteiger partial charge in [-0.25, -0.2) is 19.2 Å². The van der Waals surface area contributed by atoms with Gasteiger partial charge in [0.15, 0.2) is 12.6 Å². The molecule has 2 amide bonds. The van der Waals surface area contributed by atoms with E-state index in [4.69, 9.17) is 49.0 Å². The van der Waals surface area contributed by atoms with E-state index < -0.39 is 59.4 Å². The van der Waals surface area contributed by atoms with Gasteiger partial charge >= 0.3 is 24.2 Å². The van der Waals surface area contributed by atoms with Crippen LogP contribution in [0, 0.1) is 0 Å². The van der Waals surface area contributed by atoms with Crippen LogP contribution in [-0.4, -0.2) is 64.3 Å². The molecule has 12 nitrogen and oxygen atoms in total. The number of hydrogen-bond donors (Lipinski definition) is 1. The van der Waals surface area contributed by atoms with E-state index in [1.807, 2.05) is 0 Å². The minimum absolute atomic E-state index is 0.0967. The van der Waals surface area contributed by atoms with Crippen molar-refractivity contribution in [2.24, 2.45) is 0 Å². The van der Waals surface area contributed by atoms with Crippen molar-refractivity contribution in [2.45, 2.75) is 43.1 Å². The molecule has 15 heteroatoms. The van der Waals surface area contributed by atoms with E-state index in [-0.39, 0.29) is 18.9 Å². The number of β-lactam (4-membered cyclic amide) rings is 1. The molecule has 0 aliphatic carbocycles. The molecule has 1 aliphatic heterocycles. The zero-order valence-corrected chi connectivity index (χ0v) is 25.2. The van der Waals surface area contributed by atoms with E-state index in [1.54, 1.807) is 74.5 Å². The topological polar surface area (TPSA) is 147 Å². The number of benzene rings is 2. The molecular weight excluding hydrogens is 631 g/mol. The van der Waals surface area contributed by atoms with Gasteiger partial charge in [-0.15, -0.1) is 0 Å². The van der Waals surface area contributed by atoms with Crippen LogP contribution >= 0.6 is 34.8 Å². The highest BCUT2D eigenvalue weighted by molar-refractivity contribution is 6.67. The second-order valence-electron chi connectivity index (χ2n) is 9.13. The Balaban J connectivity index is 1.71. The molecule has 0 saturated carbocycles. The van der Waals surface area contributed by atoms with Gasteiger partial charge in [-0.3, -0.25) is 9.69 Å². The van der Waals surface area contributed by atoms with Gasteiger partial charge in [0.05, 0.1) is 0 Å². The van der Waals surface area contributed by atoms with E-state index in [0.717, 1.165) is 4.90 Å². The van der Waals surface area contributed by atoms with E-state index in [2.05, 4.69) is 14.8 Å². The number of rotatable bonds is 11. The van der Waals surface area contributed by atoms with Crippen molar-refractivity contribution < 1.29 is 47.7 Å². The standard InChI is InChI=1S/C28H27Cl3N2O10/c1-17(2)22(25(36)39-13-18-9-5-3-6-10-18)33-23(35)21(32-26(37)40-14-19-11-7-4-8-12-19)24(33)43-20(34)15-41-27(38)42-16-28(29,30)31/h3-12,21,24H,13-16H2,1-2H3,(H,32,37)/t21-,24-/m0/s1. The average molecular weight is 658 g/mol. The van der Waals surface area contributed by atoms with Gasteiger partial charge in [-0.2, -0.15) is 0 Å². The summed E-state index contributed by atoms with van der Waals surface area (Å²) in [5.41, 5.74) is 1.52. The highest BCUT2D eigenvalue weighted by Crippen LogP contribution is 2.30. The Morgan fingerprint density at radius 3 is 1.93 bits per heavy atom. The number of likely N-dealkylation sites (tertiary alicyclic amines) is 1. The Bertz CT molecular complexity index is 1350. The number of alkyl carbamates (subject to hydrolysis) is 1. The number of amides is 2. The van der Waals surface area contributed by atoms with Gasteiger partial charge in [0.25, 0.3) is 5.91 Å². The Kier molecular flexibility index (Phi) is 12.0. The average Bonchev–Trinajstić information content (AvgIpc) is 2.98. The molecule has 230 valence electrons. The normalized spacial score (nSPS) is 15.8. The first-order valence-electron chi connectivity index (χ1n) is 12.6.